The van der Waals surface area contributed by atoms with E-state index < -0.39 is 0 Å². The van der Waals surface area contributed by atoms with Gasteiger partial charge < -0.3 is 13.9 Å². The summed E-state index contributed by atoms with van der Waals surface area (Å²) >= 11 is 0. The Hall–Kier alpha value is -2.92. The molecule has 0 amide bonds. The Kier molecular flexibility index (Phi) is 6.93. The van der Waals surface area contributed by atoms with Gasteiger partial charge in [0.1, 0.15) is 24.0 Å². The van der Waals surface area contributed by atoms with E-state index in [1.165, 1.54) is 5.56 Å². The molecular formula is C25H28N2O3. The molecule has 30 heavy (non-hydrogen) atoms. The van der Waals surface area contributed by atoms with Crippen molar-refractivity contribution in [1.82, 2.24) is 9.88 Å². The number of likely N-dealkylation sites (tertiary alicyclic amines) is 1. The molecule has 5 nitrogen and oxygen atoms in total. The number of nitrogens with zero attached hydrogens (tertiary/aromatic N) is 2. The highest BCUT2D eigenvalue weighted by Gasteiger charge is 2.30. The lowest BCUT2D eigenvalue weighted by molar-refractivity contribution is -0.108. The Morgan fingerprint density at radius 1 is 1.07 bits per heavy atom. The number of ether oxygens (including phenoxy) is 1. The second-order valence-corrected chi connectivity index (χ2v) is 7.89. The number of aldehydes is 1. The molecule has 0 aliphatic carbocycles. The summed E-state index contributed by atoms with van der Waals surface area (Å²) in [6.45, 7) is 3.03. The molecule has 0 N–H and O–H groups in total. The number of carbonyl (C=O) groups is 1. The van der Waals surface area contributed by atoms with Crippen molar-refractivity contribution in [2.45, 2.75) is 38.1 Å². The van der Waals surface area contributed by atoms with Crippen molar-refractivity contribution in [1.29, 1.82) is 0 Å². The van der Waals surface area contributed by atoms with E-state index in [0.29, 0.717) is 12.3 Å². The van der Waals surface area contributed by atoms with E-state index in [1.54, 1.807) is 12.5 Å². The van der Waals surface area contributed by atoms with Crippen molar-refractivity contribution in [2.24, 2.45) is 5.92 Å². The number of carbonyl (C=O) groups excluding carboxylic acids is 1. The van der Waals surface area contributed by atoms with Crippen LogP contribution in [0.15, 0.2) is 71.5 Å². The van der Waals surface area contributed by atoms with Gasteiger partial charge in [0.2, 0.25) is 0 Å². The lowest BCUT2D eigenvalue weighted by Crippen LogP contribution is -2.35. The third-order valence-electron chi connectivity index (χ3n) is 5.87. The standard InChI is InChI=1S/C25H28N2O3/c28-17-4-7-24(25-26-14-18-29-25)21-12-15-27(16-13-21)19-20-8-10-23(11-9-20)30-22-5-2-1-3-6-22/h1-3,5-6,8-11,14,17-18,21,24H,4,7,12-13,15-16,19H2. The fourth-order valence-electron chi connectivity index (χ4n) is 4.29. The highest BCUT2D eigenvalue weighted by molar-refractivity contribution is 5.49. The molecule has 1 fully saturated rings. The Morgan fingerprint density at radius 3 is 2.47 bits per heavy atom. The molecule has 4 rings (SSSR count). The summed E-state index contributed by atoms with van der Waals surface area (Å²) in [6.07, 6.45) is 7.90. The molecule has 156 valence electrons. The first-order valence-corrected chi connectivity index (χ1v) is 10.7. The molecule has 0 radical (unpaired) electrons. The second-order valence-electron chi connectivity index (χ2n) is 7.89. The van der Waals surface area contributed by atoms with E-state index in [4.69, 9.17) is 9.15 Å². The Labute approximate surface area is 177 Å². The topological polar surface area (TPSA) is 55.6 Å². The Bertz CT molecular complexity index is 886. The fourth-order valence-corrected chi connectivity index (χ4v) is 4.29. The maximum atomic E-state index is 10.9. The van der Waals surface area contributed by atoms with Crippen molar-refractivity contribution in [3.8, 4) is 11.5 Å². The predicted molar refractivity (Wildman–Crippen MR) is 116 cm³/mol. The maximum absolute atomic E-state index is 10.9. The number of aromatic nitrogens is 1. The number of benzene rings is 2. The summed E-state index contributed by atoms with van der Waals surface area (Å²) in [5.41, 5.74) is 1.29. The van der Waals surface area contributed by atoms with E-state index in [9.17, 15) is 4.79 Å². The van der Waals surface area contributed by atoms with E-state index in [0.717, 1.165) is 62.6 Å². The molecule has 2 aromatic carbocycles. The van der Waals surface area contributed by atoms with E-state index in [2.05, 4.69) is 22.0 Å². The van der Waals surface area contributed by atoms with Gasteiger partial charge in [-0.25, -0.2) is 4.98 Å². The van der Waals surface area contributed by atoms with Crippen molar-refractivity contribution in [3.05, 3.63) is 78.5 Å². The van der Waals surface area contributed by atoms with Crippen LogP contribution >= 0.6 is 0 Å². The second kappa shape index (κ2) is 10.2. The smallest absolute Gasteiger partial charge is 0.197 e. The van der Waals surface area contributed by atoms with Crippen LogP contribution in [0.25, 0.3) is 0 Å². The van der Waals surface area contributed by atoms with Crippen LogP contribution in [-0.2, 0) is 11.3 Å². The molecule has 1 aliphatic heterocycles. The highest BCUT2D eigenvalue weighted by atomic mass is 16.5. The van der Waals surface area contributed by atoms with Gasteiger partial charge in [0, 0.05) is 18.9 Å². The SMILES string of the molecule is O=CCCC(c1ncco1)C1CCN(Cc2ccc(Oc3ccccc3)cc2)CC1. The zero-order chi connectivity index (χ0) is 20.6. The highest BCUT2D eigenvalue weighted by Crippen LogP contribution is 2.35. The number of hydrogen-bond donors (Lipinski definition) is 0. The van der Waals surface area contributed by atoms with E-state index >= 15 is 0 Å². The van der Waals surface area contributed by atoms with Gasteiger partial charge in [0.05, 0.1) is 6.20 Å². The first-order chi connectivity index (χ1) is 14.8. The van der Waals surface area contributed by atoms with Crippen LogP contribution in [-0.4, -0.2) is 29.3 Å². The molecule has 2 heterocycles. The van der Waals surface area contributed by atoms with Crippen LogP contribution < -0.4 is 4.74 Å². The minimum atomic E-state index is 0.238. The largest absolute Gasteiger partial charge is 0.457 e. The van der Waals surface area contributed by atoms with Crippen molar-refractivity contribution in [2.75, 3.05) is 13.1 Å². The zero-order valence-corrected chi connectivity index (χ0v) is 17.2. The fraction of sp³-hybridized carbons (Fsp3) is 0.360. The van der Waals surface area contributed by atoms with Crippen molar-refractivity contribution >= 4 is 6.29 Å². The van der Waals surface area contributed by atoms with Crippen molar-refractivity contribution in [3.63, 3.8) is 0 Å². The molecule has 3 aromatic rings. The van der Waals surface area contributed by atoms with Gasteiger partial charge in [-0.2, -0.15) is 0 Å². The lowest BCUT2D eigenvalue weighted by atomic mass is 9.81. The van der Waals surface area contributed by atoms with Gasteiger partial charge >= 0.3 is 0 Å². The number of piperidine rings is 1. The minimum absolute atomic E-state index is 0.238. The van der Waals surface area contributed by atoms with Gasteiger partial charge in [-0.3, -0.25) is 4.90 Å². The van der Waals surface area contributed by atoms with Gasteiger partial charge in [-0.05, 0) is 68.1 Å². The summed E-state index contributed by atoms with van der Waals surface area (Å²) < 4.78 is 11.4. The summed E-state index contributed by atoms with van der Waals surface area (Å²) in [5, 5.41) is 0. The summed E-state index contributed by atoms with van der Waals surface area (Å²) in [6, 6.07) is 18.2. The lowest BCUT2D eigenvalue weighted by Gasteiger charge is -2.35. The van der Waals surface area contributed by atoms with Crippen LogP contribution in [0.5, 0.6) is 11.5 Å². The van der Waals surface area contributed by atoms with E-state index in [-0.39, 0.29) is 5.92 Å². The Balaban J connectivity index is 1.29. The quantitative estimate of drug-likeness (QED) is 0.444. The third-order valence-corrected chi connectivity index (χ3v) is 5.87. The van der Waals surface area contributed by atoms with Crippen molar-refractivity contribution < 1.29 is 13.9 Å². The van der Waals surface area contributed by atoms with Crippen LogP contribution in [0.4, 0.5) is 0 Å². The molecule has 5 heteroatoms. The third kappa shape index (κ3) is 5.36. The molecule has 1 unspecified atom stereocenters. The molecule has 1 aromatic heterocycles. The number of hydrogen-bond acceptors (Lipinski definition) is 5. The molecule has 1 atom stereocenters. The number of rotatable bonds is 9. The average Bonchev–Trinajstić information content (AvgIpc) is 3.32. The molecule has 1 saturated heterocycles. The number of para-hydroxylation sites is 1. The molecule has 1 aliphatic rings. The maximum Gasteiger partial charge on any atom is 0.197 e. The summed E-state index contributed by atoms with van der Waals surface area (Å²) in [7, 11) is 0. The predicted octanol–water partition coefficient (Wildman–Crippen LogP) is 5.44. The number of oxazole rings is 1. The molecule has 0 spiro atoms. The van der Waals surface area contributed by atoms with Gasteiger partial charge in [-0.15, -0.1) is 0 Å². The van der Waals surface area contributed by atoms with E-state index in [1.807, 2.05) is 42.5 Å². The van der Waals surface area contributed by atoms with Gasteiger partial charge in [0.25, 0.3) is 0 Å². The zero-order valence-electron chi connectivity index (χ0n) is 17.2. The minimum Gasteiger partial charge on any atom is -0.457 e. The van der Waals surface area contributed by atoms with Crippen LogP contribution in [0, 0.1) is 5.92 Å². The molecule has 0 bridgehead atoms. The van der Waals surface area contributed by atoms with Crippen LogP contribution in [0.1, 0.15) is 43.1 Å². The first kappa shape index (κ1) is 20.4. The monoisotopic (exact) mass is 404 g/mol. The first-order valence-electron chi connectivity index (χ1n) is 10.7. The Morgan fingerprint density at radius 2 is 1.80 bits per heavy atom. The average molecular weight is 405 g/mol. The normalized spacial score (nSPS) is 16.3. The van der Waals surface area contributed by atoms with Crippen LogP contribution in [0.3, 0.4) is 0 Å². The summed E-state index contributed by atoms with van der Waals surface area (Å²) in [5.74, 6) is 3.24. The molecule has 0 saturated carbocycles. The summed E-state index contributed by atoms with van der Waals surface area (Å²) in [4.78, 5) is 17.7. The van der Waals surface area contributed by atoms with Crippen LogP contribution in [0.2, 0.25) is 0 Å². The van der Waals surface area contributed by atoms with Gasteiger partial charge in [-0.1, -0.05) is 30.3 Å². The molecular weight excluding hydrogens is 376 g/mol. The van der Waals surface area contributed by atoms with Gasteiger partial charge in [0.15, 0.2) is 5.89 Å².